The molecule has 6 nitrogen and oxygen atoms in total. The molecule has 0 saturated carbocycles. The van der Waals surface area contributed by atoms with Gasteiger partial charge in [-0.2, -0.15) is 0 Å². The van der Waals surface area contributed by atoms with E-state index in [9.17, 15) is 19.5 Å². The number of hydrogen-bond donors (Lipinski definition) is 1. The number of aryl methyl sites for hydroxylation is 1. The van der Waals surface area contributed by atoms with Crippen LogP contribution < -0.4 is 4.74 Å². The maximum atomic E-state index is 13.2. The number of carbonyl (C=O) groups excluding carboxylic acids is 3. The lowest BCUT2D eigenvalue weighted by Crippen LogP contribution is -2.30. The van der Waals surface area contributed by atoms with Crippen molar-refractivity contribution in [3.8, 4) is 5.75 Å². The summed E-state index contributed by atoms with van der Waals surface area (Å²) in [5.41, 5.74) is 2.83. The third-order valence-corrected chi connectivity index (χ3v) is 6.09. The van der Waals surface area contributed by atoms with E-state index in [4.69, 9.17) is 4.74 Å². The van der Waals surface area contributed by atoms with Gasteiger partial charge in [0.2, 0.25) is 0 Å². The van der Waals surface area contributed by atoms with Crippen LogP contribution in [0, 0.1) is 6.92 Å². The van der Waals surface area contributed by atoms with Crippen molar-refractivity contribution in [3.05, 3.63) is 70.3 Å². The molecule has 1 saturated heterocycles. The lowest BCUT2D eigenvalue weighted by atomic mass is 9.84. The number of aliphatic hydroxyl groups excluding tert-OH is 1. The summed E-state index contributed by atoms with van der Waals surface area (Å²) >= 11 is 0. The highest BCUT2D eigenvalue weighted by atomic mass is 16.5. The van der Waals surface area contributed by atoms with Crippen molar-refractivity contribution in [1.82, 2.24) is 4.90 Å². The van der Waals surface area contributed by atoms with Gasteiger partial charge in [0.05, 0.1) is 11.6 Å². The molecule has 1 N–H and O–H groups in total. The number of benzene rings is 2. The van der Waals surface area contributed by atoms with Gasteiger partial charge >= 0.3 is 5.97 Å². The van der Waals surface area contributed by atoms with Gasteiger partial charge in [-0.25, -0.2) is 0 Å². The number of ether oxygens (including phenoxy) is 1. The molecule has 1 aliphatic heterocycles. The third kappa shape index (κ3) is 5.06. The Morgan fingerprint density at radius 1 is 1.12 bits per heavy atom. The molecule has 0 aromatic heterocycles. The van der Waals surface area contributed by atoms with Gasteiger partial charge in [0.25, 0.3) is 11.7 Å². The topological polar surface area (TPSA) is 83.9 Å². The van der Waals surface area contributed by atoms with Gasteiger partial charge in [-0.3, -0.25) is 14.4 Å². The zero-order valence-corrected chi connectivity index (χ0v) is 20.8. The first-order chi connectivity index (χ1) is 16.0. The monoisotopic (exact) mass is 463 g/mol. The number of ketones is 1. The predicted octanol–water partition coefficient (Wildman–Crippen LogP) is 5.44. The number of carbonyl (C=O) groups is 3. The van der Waals surface area contributed by atoms with Crippen LogP contribution in [0.3, 0.4) is 0 Å². The Labute approximate surface area is 201 Å². The van der Waals surface area contributed by atoms with Crippen LogP contribution in [0.25, 0.3) is 5.76 Å². The predicted molar refractivity (Wildman–Crippen MR) is 132 cm³/mol. The summed E-state index contributed by atoms with van der Waals surface area (Å²) in [6.07, 6.45) is 1.56. The normalized spacial score (nSPS) is 17.8. The van der Waals surface area contributed by atoms with Crippen molar-refractivity contribution in [1.29, 1.82) is 0 Å². The molecule has 1 heterocycles. The summed E-state index contributed by atoms with van der Waals surface area (Å²) in [4.78, 5) is 39.3. The summed E-state index contributed by atoms with van der Waals surface area (Å²) in [5, 5.41) is 11.5. The lowest BCUT2D eigenvalue weighted by Gasteiger charge is -2.26. The fourth-order valence-electron chi connectivity index (χ4n) is 4.19. The van der Waals surface area contributed by atoms with Gasteiger partial charge in [-0.15, -0.1) is 0 Å². The van der Waals surface area contributed by atoms with Crippen molar-refractivity contribution in [2.24, 2.45) is 0 Å². The Morgan fingerprint density at radius 2 is 1.82 bits per heavy atom. The van der Waals surface area contributed by atoms with E-state index < -0.39 is 23.7 Å². The number of rotatable bonds is 6. The van der Waals surface area contributed by atoms with Crippen LogP contribution in [0.1, 0.15) is 75.8 Å². The molecule has 1 unspecified atom stereocenters. The van der Waals surface area contributed by atoms with Crippen LogP contribution in [0.2, 0.25) is 0 Å². The maximum absolute atomic E-state index is 13.2. The molecule has 2 aromatic carbocycles. The molecule has 6 heteroatoms. The van der Waals surface area contributed by atoms with E-state index in [1.165, 1.54) is 11.8 Å². The van der Waals surface area contributed by atoms with E-state index in [1.807, 2.05) is 32.0 Å². The first-order valence-electron chi connectivity index (χ1n) is 11.6. The molecule has 34 heavy (non-hydrogen) atoms. The number of hydrogen-bond acceptors (Lipinski definition) is 5. The average molecular weight is 464 g/mol. The minimum atomic E-state index is -0.778. The standard InChI is InChI=1S/C28H33NO5/c1-7-8-14-29-24(19-10-9-11-21(15-19)34-18(3)30)23(26(32)27(29)33)25(31)22-16-20(28(4,5)6)13-12-17(22)2/h9-13,15-16,24,31H,7-8,14H2,1-6H3/b25-23+. The van der Waals surface area contributed by atoms with Crippen LogP contribution in [-0.2, 0) is 19.8 Å². The molecular formula is C28H33NO5. The van der Waals surface area contributed by atoms with E-state index in [-0.39, 0.29) is 16.7 Å². The molecule has 1 fully saturated rings. The number of nitrogens with zero attached hydrogens (tertiary/aromatic N) is 1. The number of Topliss-reactive ketones (excluding diaryl/α,β-unsaturated/α-hetero) is 1. The van der Waals surface area contributed by atoms with E-state index in [0.29, 0.717) is 29.8 Å². The van der Waals surface area contributed by atoms with Gasteiger partial charge in [0.15, 0.2) is 0 Å². The largest absolute Gasteiger partial charge is 0.507 e. The minimum absolute atomic E-state index is 0.0511. The zero-order chi connectivity index (χ0) is 25.2. The summed E-state index contributed by atoms with van der Waals surface area (Å²) in [7, 11) is 0. The van der Waals surface area contributed by atoms with Gasteiger partial charge in [0.1, 0.15) is 11.5 Å². The van der Waals surface area contributed by atoms with E-state index in [0.717, 1.165) is 17.5 Å². The molecule has 180 valence electrons. The Balaban J connectivity index is 2.23. The second-order valence-corrected chi connectivity index (χ2v) is 9.79. The van der Waals surface area contributed by atoms with Crippen molar-refractivity contribution in [3.63, 3.8) is 0 Å². The number of likely N-dealkylation sites (tertiary alicyclic amines) is 1. The van der Waals surface area contributed by atoms with Crippen molar-refractivity contribution in [2.45, 2.75) is 65.8 Å². The van der Waals surface area contributed by atoms with Crippen molar-refractivity contribution >= 4 is 23.4 Å². The molecule has 0 radical (unpaired) electrons. The fraction of sp³-hybridized carbons (Fsp3) is 0.393. The quantitative estimate of drug-likeness (QED) is 0.203. The molecule has 1 atom stereocenters. The Morgan fingerprint density at radius 3 is 2.44 bits per heavy atom. The Bertz CT molecular complexity index is 1160. The van der Waals surface area contributed by atoms with Crippen LogP contribution in [0.5, 0.6) is 5.75 Å². The molecule has 0 spiro atoms. The highest BCUT2D eigenvalue weighted by Gasteiger charge is 2.46. The minimum Gasteiger partial charge on any atom is -0.507 e. The number of esters is 1. The molecule has 0 bridgehead atoms. The van der Waals surface area contributed by atoms with Crippen molar-refractivity contribution in [2.75, 3.05) is 6.54 Å². The van der Waals surface area contributed by atoms with E-state index in [1.54, 1.807) is 24.3 Å². The number of aliphatic hydroxyl groups is 1. The summed E-state index contributed by atoms with van der Waals surface area (Å²) < 4.78 is 5.23. The summed E-state index contributed by atoms with van der Waals surface area (Å²) in [6, 6.07) is 11.8. The lowest BCUT2D eigenvalue weighted by molar-refractivity contribution is -0.139. The van der Waals surface area contributed by atoms with Gasteiger partial charge in [-0.1, -0.05) is 58.4 Å². The molecule has 2 aromatic rings. The first-order valence-corrected chi connectivity index (χ1v) is 11.6. The molecule has 3 rings (SSSR count). The van der Waals surface area contributed by atoms with Crippen LogP contribution >= 0.6 is 0 Å². The second kappa shape index (κ2) is 9.84. The Hall–Kier alpha value is -3.41. The molecular weight excluding hydrogens is 430 g/mol. The average Bonchev–Trinajstić information content (AvgIpc) is 3.01. The van der Waals surface area contributed by atoms with Gasteiger partial charge in [0, 0.05) is 19.0 Å². The first kappa shape index (κ1) is 25.2. The molecule has 1 aliphatic rings. The van der Waals surface area contributed by atoms with Crippen molar-refractivity contribution < 1.29 is 24.2 Å². The summed E-state index contributed by atoms with van der Waals surface area (Å²) in [5.74, 6) is -1.69. The number of unbranched alkanes of at least 4 members (excludes halogenated alkanes) is 1. The third-order valence-electron chi connectivity index (χ3n) is 6.09. The van der Waals surface area contributed by atoms with Crippen LogP contribution in [0.15, 0.2) is 48.0 Å². The fourth-order valence-corrected chi connectivity index (χ4v) is 4.19. The molecule has 0 aliphatic carbocycles. The maximum Gasteiger partial charge on any atom is 0.308 e. The van der Waals surface area contributed by atoms with Gasteiger partial charge < -0.3 is 14.7 Å². The van der Waals surface area contributed by atoms with Crippen LogP contribution in [-0.4, -0.2) is 34.2 Å². The van der Waals surface area contributed by atoms with E-state index in [2.05, 4.69) is 20.8 Å². The van der Waals surface area contributed by atoms with Crippen LogP contribution in [0.4, 0.5) is 0 Å². The summed E-state index contributed by atoms with van der Waals surface area (Å²) in [6.45, 7) is 11.8. The highest BCUT2D eigenvalue weighted by Crippen LogP contribution is 2.41. The zero-order valence-electron chi connectivity index (χ0n) is 20.8. The number of amides is 1. The highest BCUT2D eigenvalue weighted by molar-refractivity contribution is 6.46. The second-order valence-electron chi connectivity index (χ2n) is 9.79. The smallest absolute Gasteiger partial charge is 0.308 e. The SMILES string of the molecule is CCCCN1C(=O)C(=O)/C(=C(/O)c2cc(C(C)(C)C)ccc2C)C1c1cccc(OC(C)=O)c1. The van der Waals surface area contributed by atoms with E-state index >= 15 is 0 Å². The Kier molecular flexibility index (Phi) is 7.29. The van der Waals surface area contributed by atoms with Gasteiger partial charge in [-0.05, 0) is 53.6 Å². The molecule has 1 amide bonds.